The zero-order chi connectivity index (χ0) is 22.9. The van der Waals surface area contributed by atoms with Crippen molar-refractivity contribution in [1.29, 1.82) is 0 Å². The van der Waals surface area contributed by atoms with Gasteiger partial charge < -0.3 is 16.4 Å². The molecule has 4 rings (SSSR count). The molecular weight excluding hydrogens is 400 g/mol. The van der Waals surface area contributed by atoms with Crippen LogP contribution in [0.2, 0.25) is 0 Å². The number of pyridine rings is 1. The topological polar surface area (TPSA) is 109 Å². The van der Waals surface area contributed by atoms with E-state index in [9.17, 15) is 4.79 Å². The highest BCUT2D eigenvalue weighted by Gasteiger charge is 2.21. The van der Waals surface area contributed by atoms with Gasteiger partial charge in [-0.25, -0.2) is 9.78 Å². The lowest BCUT2D eigenvalue weighted by Gasteiger charge is -2.19. The van der Waals surface area contributed by atoms with Crippen molar-refractivity contribution in [2.45, 2.75) is 39.5 Å². The van der Waals surface area contributed by atoms with E-state index in [-0.39, 0.29) is 11.4 Å². The average molecular weight is 429 g/mol. The Morgan fingerprint density at radius 2 is 1.75 bits per heavy atom. The van der Waals surface area contributed by atoms with E-state index in [1.54, 1.807) is 0 Å². The minimum atomic E-state index is -0.286. The van der Waals surface area contributed by atoms with Crippen LogP contribution in [-0.4, -0.2) is 21.2 Å². The number of aromatic nitrogens is 3. The predicted octanol–water partition coefficient (Wildman–Crippen LogP) is 5.71. The van der Waals surface area contributed by atoms with Gasteiger partial charge in [0.1, 0.15) is 5.82 Å². The van der Waals surface area contributed by atoms with Crippen molar-refractivity contribution in [2.24, 2.45) is 0 Å². The van der Waals surface area contributed by atoms with Gasteiger partial charge in [0.15, 0.2) is 5.65 Å². The van der Waals surface area contributed by atoms with E-state index in [1.807, 2.05) is 48.5 Å². The molecule has 0 fully saturated rings. The number of nitrogens with one attached hydrogen (secondary N) is 3. The minimum absolute atomic E-state index is 0.134. The van der Waals surface area contributed by atoms with E-state index in [0.717, 1.165) is 34.3 Å². The molecule has 0 spiro atoms. The molecule has 164 valence electrons. The monoisotopic (exact) mass is 428 g/mol. The Balaban J connectivity index is 1.58. The fourth-order valence-corrected chi connectivity index (χ4v) is 3.55. The van der Waals surface area contributed by atoms with Crippen molar-refractivity contribution < 1.29 is 4.79 Å². The normalized spacial score (nSPS) is 11.5. The summed E-state index contributed by atoms with van der Waals surface area (Å²) in [5, 5.41) is 13.7. The van der Waals surface area contributed by atoms with Crippen molar-refractivity contribution in [3.8, 4) is 11.1 Å². The van der Waals surface area contributed by atoms with Crippen molar-refractivity contribution in [2.75, 3.05) is 16.4 Å². The summed E-state index contributed by atoms with van der Waals surface area (Å²) in [6.45, 7) is 8.42. The number of aromatic amines is 1. The maximum Gasteiger partial charge on any atom is 0.323 e. The number of carbonyl (C=O) groups excluding carboxylic acids is 1. The summed E-state index contributed by atoms with van der Waals surface area (Å²) in [5.41, 5.74) is 12.1. The van der Waals surface area contributed by atoms with Crippen LogP contribution in [0.25, 0.3) is 22.2 Å². The van der Waals surface area contributed by atoms with Crippen molar-refractivity contribution in [3.05, 3.63) is 65.9 Å². The molecule has 0 saturated carbocycles. The number of H-pyrrole nitrogens is 1. The molecule has 32 heavy (non-hydrogen) atoms. The van der Waals surface area contributed by atoms with Crippen LogP contribution in [0.15, 0.2) is 54.6 Å². The number of benzene rings is 2. The summed E-state index contributed by atoms with van der Waals surface area (Å²) < 4.78 is 0. The Hall–Kier alpha value is -3.87. The quantitative estimate of drug-likeness (QED) is 0.334. The van der Waals surface area contributed by atoms with Crippen LogP contribution in [0.3, 0.4) is 0 Å². The smallest absolute Gasteiger partial charge is 0.323 e. The Morgan fingerprint density at radius 1 is 1.03 bits per heavy atom. The predicted molar refractivity (Wildman–Crippen MR) is 131 cm³/mol. The van der Waals surface area contributed by atoms with Crippen molar-refractivity contribution >= 4 is 34.3 Å². The van der Waals surface area contributed by atoms with Crippen LogP contribution >= 0.6 is 0 Å². The van der Waals surface area contributed by atoms with E-state index >= 15 is 0 Å². The van der Waals surface area contributed by atoms with Crippen LogP contribution in [0, 0.1) is 0 Å². The fourth-order valence-electron chi connectivity index (χ4n) is 3.55. The molecule has 4 aromatic rings. The second-order valence-electron chi connectivity index (χ2n) is 8.85. The van der Waals surface area contributed by atoms with Crippen LogP contribution < -0.4 is 16.4 Å². The standard InChI is InChI=1S/C25H28N6O/c1-5-15-7-6-8-18(13-15)28-24(32)27-17-11-9-16(10-12-17)19-14-20(25(2,3)4)29-23-21(19)22(26)30-31-23/h6-14H,5H2,1-4H3,(H2,27,28,32)(H3,26,29,30,31). The molecule has 7 nitrogen and oxygen atoms in total. The molecule has 2 amide bonds. The molecule has 0 atom stereocenters. The van der Waals surface area contributed by atoms with E-state index < -0.39 is 0 Å². The lowest BCUT2D eigenvalue weighted by molar-refractivity contribution is 0.262. The van der Waals surface area contributed by atoms with Gasteiger partial charge in [0.05, 0.1) is 5.39 Å². The molecule has 0 saturated heterocycles. The Morgan fingerprint density at radius 3 is 2.44 bits per heavy atom. The number of nitrogen functional groups attached to an aromatic ring is 1. The largest absolute Gasteiger partial charge is 0.383 e. The zero-order valence-electron chi connectivity index (χ0n) is 18.8. The maximum atomic E-state index is 12.4. The van der Waals surface area contributed by atoms with Crippen LogP contribution in [0.1, 0.15) is 39.0 Å². The molecule has 0 aliphatic carbocycles. The molecule has 0 bridgehead atoms. The van der Waals surface area contributed by atoms with Crippen LogP contribution in [0.5, 0.6) is 0 Å². The third-order valence-corrected chi connectivity index (χ3v) is 5.37. The second-order valence-corrected chi connectivity index (χ2v) is 8.85. The molecule has 0 aliphatic rings. The van der Waals surface area contributed by atoms with Crippen LogP contribution in [0.4, 0.5) is 22.0 Å². The summed E-state index contributed by atoms with van der Waals surface area (Å²) in [4.78, 5) is 17.1. The molecule has 0 radical (unpaired) electrons. The number of aryl methyl sites for hydroxylation is 1. The van der Waals surface area contributed by atoms with Crippen LogP contribution in [-0.2, 0) is 11.8 Å². The minimum Gasteiger partial charge on any atom is -0.383 e. The maximum absolute atomic E-state index is 12.4. The molecule has 2 heterocycles. The molecule has 2 aromatic carbocycles. The third-order valence-electron chi connectivity index (χ3n) is 5.37. The van der Waals surface area contributed by atoms with Gasteiger partial charge in [0.25, 0.3) is 0 Å². The molecule has 2 aromatic heterocycles. The Kier molecular flexibility index (Phi) is 5.57. The van der Waals surface area contributed by atoms with E-state index in [4.69, 9.17) is 5.73 Å². The number of anilines is 3. The summed E-state index contributed by atoms with van der Waals surface area (Å²) in [7, 11) is 0. The zero-order valence-corrected chi connectivity index (χ0v) is 18.8. The number of amides is 2. The van der Waals surface area contributed by atoms with E-state index in [2.05, 4.69) is 59.6 Å². The Bertz CT molecular complexity index is 1270. The first kappa shape index (κ1) is 21.4. The molecule has 7 heteroatoms. The first-order chi connectivity index (χ1) is 15.2. The van der Waals surface area contributed by atoms with Gasteiger partial charge in [-0.2, -0.15) is 5.10 Å². The van der Waals surface area contributed by atoms with Gasteiger partial charge in [-0.3, -0.25) is 5.10 Å². The number of hydrogen-bond acceptors (Lipinski definition) is 4. The summed E-state index contributed by atoms with van der Waals surface area (Å²) >= 11 is 0. The van der Waals surface area contributed by atoms with Gasteiger partial charge in [-0.1, -0.05) is 52.0 Å². The molecule has 0 unspecified atom stereocenters. The summed E-state index contributed by atoms with van der Waals surface area (Å²) in [6.07, 6.45) is 0.916. The Labute approximate surface area is 187 Å². The van der Waals surface area contributed by atoms with Gasteiger partial charge in [-0.15, -0.1) is 0 Å². The third kappa shape index (κ3) is 4.42. The number of urea groups is 1. The highest BCUT2D eigenvalue weighted by molar-refractivity contribution is 6.01. The van der Waals surface area contributed by atoms with E-state index in [0.29, 0.717) is 17.2 Å². The van der Waals surface area contributed by atoms with Crippen molar-refractivity contribution in [3.63, 3.8) is 0 Å². The number of nitrogens with zero attached hydrogens (tertiary/aromatic N) is 2. The number of carbonyl (C=O) groups is 1. The molecular formula is C25H28N6O. The molecule has 5 N–H and O–H groups in total. The summed E-state index contributed by atoms with van der Waals surface area (Å²) in [5.74, 6) is 0.485. The van der Waals surface area contributed by atoms with Gasteiger partial charge in [0, 0.05) is 22.5 Å². The lowest BCUT2D eigenvalue weighted by Crippen LogP contribution is -2.19. The van der Waals surface area contributed by atoms with E-state index in [1.165, 1.54) is 5.56 Å². The fraction of sp³-hybridized carbons (Fsp3) is 0.240. The lowest BCUT2D eigenvalue weighted by atomic mass is 9.89. The number of nitrogens with two attached hydrogens (primary N) is 1. The highest BCUT2D eigenvalue weighted by atomic mass is 16.2. The first-order valence-corrected chi connectivity index (χ1v) is 10.7. The molecule has 0 aliphatic heterocycles. The number of rotatable bonds is 4. The first-order valence-electron chi connectivity index (χ1n) is 10.7. The van der Waals surface area contributed by atoms with Gasteiger partial charge in [0.2, 0.25) is 0 Å². The van der Waals surface area contributed by atoms with Gasteiger partial charge >= 0.3 is 6.03 Å². The second kappa shape index (κ2) is 8.34. The SMILES string of the molecule is CCc1cccc(NC(=O)Nc2ccc(-c3cc(C(C)(C)C)nc4n[nH]c(N)c34)cc2)c1. The highest BCUT2D eigenvalue weighted by Crippen LogP contribution is 2.34. The number of hydrogen-bond donors (Lipinski definition) is 4. The van der Waals surface area contributed by atoms with Crippen molar-refractivity contribution in [1.82, 2.24) is 15.2 Å². The van der Waals surface area contributed by atoms with Gasteiger partial charge in [-0.05, 0) is 53.4 Å². The average Bonchev–Trinajstić information content (AvgIpc) is 3.14. The summed E-state index contributed by atoms with van der Waals surface area (Å²) in [6, 6.07) is 17.3. The number of fused-ring (bicyclic) bond motifs is 1.